The highest BCUT2D eigenvalue weighted by Crippen LogP contribution is 2.16. The van der Waals surface area contributed by atoms with E-state index < -0.39 is 11.7 Å². The van der Waals surface area contributed by atoms with Crippen LogP contribution in [0.4, 0.5) is 9.18 Å². The largest absolute Gasteiger partial charge is 0.450 e. The fourth-order valence-electron chi connectivity index (χ4n) is 2.05. The molecule has 1 fully saturated rings. The van der Waals surface area contributed by atoms with E-state index in [1.54, 1.807) is 6.92 Å². The number of hydrogen-bond acceptors (Lipinski definition) is 4. The van der Waals surface area contributed by atoms with Crippen molar-refractivity contribution < 1.29 is 18.7 Å². The molecule has 0 unspecified atom stereocenters. The fraction of sp³-hybridized carbons (Fsp3) is 0.462. The Balaban J connectivity index is 2.00. The molecule has 0 saturated carbocycles. The molecule has 0 N–H and O–H groups in total. The smallest absolute Gasteiger partial charge is 0.409 e. The van der Waals surface area contributed by atoms with E-state index in [1.165, 1.54) is 15.9 Å². The normalized spacial score (nSPS) is 15.0. The van der Waals surface area contributed by atoms with Gasteiger partial charge in [-0.2, -0.15) is 0 Å². The Labute approximate surface area is 130 Å². The second-order valence-electron chi connectivity index (χ2n) is 4.47. The number of carbonyl (C=O) groups excluding carboxylic acids is 2. The highest BCUT2D eigenvalue weighted by molar-refractivity contribution is 9.10. The lowest BCUT2D eigenvalue weighted by Crippen LogP contribution is -2.50. The highest BCUT2D eigenvalue weighted by atomic mass is 79.9. The van der Waals surface area contributed by atoms with Crippen molar-refractivity contribution in [2.75, 3.05) is 32.8 Å². The second-order valence-corrected chi connectivity index (χ2v) is 5.28. The summed E-state index contributed by atoms with van der Waals surface area (Å²) in [5, 5.41) is 0. The van der Waals surface area contributed by atoms with Gasteiger partial charge in [-0.1, -0.05) is 0 Å². The molecule has 1 aromatic rings. The first-order valence-electron chi connectivity index (χ1n) is 6.55. The summed E-state index contributed by atoms with van der Waals surface area (Å²) in [6.45, 7) is 3.49. The quantitative estimate of drug-likeness (QED) is 0.756. The summed E-state index contributed by atoms with van der Waals surface area (Å²) in [4.78, 5) is 30.6. The first kappa shape index (κ1) is 15.7. The van der Waals surface area contributed by atoms with Gasteiger partial charge < -0.3 is 14.5 Å². The predicted molar refractivity (Wildman–Crippen MR) is 76.4 cm³/mol. The van der Waals surface area contributed by atoms with Crippen LogP contribution in [-0.2, 0) is 4.74 Å². The summed E-state index contributed by atoms with van der Waals surface area (Å²) in [6.07, 6.45) is 0.619. The van der Waals surface area contributed by atoms with Crippen molar-refractivity contribution in [1.29, 1.82) is 0 Å². The number of pyridine rings is 1. The topological polar surface area (TPSA) is 62.7 Å². The minimum atomic E-state index is -0.656. The average molecular weight is 360 g/mol. The molecule has 0 radical (unpaired) electrons. The molecule has 21 heavy (non-hydrogen) atoms. The number of ether oxygens (including phenoxy) is 1. The molecule has 0 spiro atoms. The van der Waals surface area contributed by atoms with E-state index in [4.69, 9.17) is 4.74 Å². The first-order chi connectivity index (χ1) is 10.0. The molecule has 6 nitrogen and oxygen atoms in total. The van der Waals surface area contributed by atoms with Crippen LogP contribution in [0.3, 0.4) is 0 Å². The van der Waals surface area contributed by atoms with Crippen LogP contribution in [0.15, 0.2) is 16.9 Å². The van der Waals surface area contributed by atoms with Gasteiger partial charge in [0.1, 0.15) is 4.60 Å². The highest BCUT2D eigenvalue weighted by Gasteiger charge is 2.27. The molecule has 1 aromatic heterocycles. The van der Waals surface area contributed by atoms with Gasteiger partial charge in [-0.25, -0.2) is 14.2 Å². The summed E-state index contributed by atoms with van der Waals surface area (Å²) in [5.41, 5.74) is -0.0264. The Morgan fingerprint density at radius 3 is 2.57 bits per heavy atom. The van der Waals surface area contributed by atoms with Crippen molar-refractivity contribution in [3.8, 4) is 0 Å². The molecule has 0 aliphatic carbocycles. The minimum Gasteiger partial charge on any atom is -0.450 e. The van der Waals surface area contributed by atoms with Crippen LogP contribution in [0, 0.1) is 5.82 Å². The zero-order valence-electron chi connectivity index (χ0n) is 11.5. The molecule has 0 bridgehead atoms. The summed E-state index contributed by atoms with van der Waals surface area (Å²) in [7, 11) is 0. The van der Waals surface area contributed by atoms with Crippen LogP contribution in [0.1, 0.15) is 17.3 Å². The van der Waals surface area contributed by atoms with E-state index >= 15 is 0 Å². The lowest BCUT2D eigenvalue weighted by Gasteiger charge is -2.34. The van der Waals surface area contributed by atoms with E-state index in [0.717, 1.165) is 6.20 Å². The summed E-state index contributed by atoms with van der Waals surface area (Å²) >= 11 is 3.12. The van der Waals surface area contributed by atoms with Crippen molar-refractivity contribution in [3.05, 3.63) is 28.2 Å². The van der Waals surface area contributed by atoms with Crippen LogP contribution in [-0.4, -0.2) is 59.6 Å². The maximum atomic E-state index is 13.7. The van der Waals surface area contributed by atoms with Gasteiger partial charge in [0.2, 0.25) is 0 Å². The zero-order chi connectivity index (χ0) is 15.4. The second kappa shape index (κ2) is 6.84. The lowest BCUT2D eigenvalue weighted by molar-refractivity contribution is 0.0566. The molecule has 2 rings (SSSR count). The lowest BCUT2D eigenvalue weighted by atomic mass is 10.2. The summed E-state index contributed by atoms with van der Waals surface area (Å²) in [6, 6.07) is 1.36. The predicted octanol–water partition coefficient (Wildman–Crippen LogP) is 1.90. The summed E-state index contributed by atoms with van der Waals surface area (Å²) < 4.78 is 19.0. The van der Waals surface area contributed by atoms with Gasteiger partial charge in [0.25, 0.3) is 5.91 Å². The van der Waals surface area contributed by atoms with Crippen molar-refractivity contribution in [3.63, 3.8) is 0 Å². The number of nitrogens with zero attached hydrogens (tertiary/aromatic N) is 3. The zero-order valence-corrected chi connectivity index (χ0v) is 13.1. The number of carbonyl (C=O) groups is 2. The molecule has 2 amide bonds. The Bertz CT molecular complexity index is 547. The molecular formula is C13H15BrFN3O3. The third-order valence-electron chi connectivity index (χ3n) is 3.15. The Hall–Kier alpha value is -1.70. The SMILES string of the molecule is CCOC(=O)N1CCN(C(=O)c2cc(Br)ncc2F)CC1. The Morgan fingerprint density at radius 2 is 1.95 bits per heavy atom. The van der Waals surface area contributed by atoms with Gasteiger partial charge >= 0.3 is 6.09 Å². The van der Waals surface area contributed by atoms with Crippen molar-refractivity contribution >= 4 is 27.9 Å². The monoisotopic (exact) mass is 359 g/mol. The molecule has 2 heterocycles. The van der Waals surface area contributed by atoms with Crippen molar-refractivity contribution in [2.24, 2.45) is 0 Å². The van der Waals surface area contributed by atoms with Crippen LogP contribution < -0.4 is 0 Å². The van der Waals surface area contributed by atoms with Gasteiger partial charge in [0.15, 0.2) is 5.82 Å². The van der Waals surface area contributed by atoms with E-state index in [1.807, 2.05) is 0 Å². The molecule has 1 aliphatic rings. The third-order valence-corrected chi connectivity index (χ3v) is 3.58. The number of piperazine rings is 1. The number of halogens is 2. The summed E-state index contributed by atoms with van der Waals surface area (Å²) in [5.74, 6) is -1.06. The minimum absolute atomic E-state index is 0.0264. The number of hydrogen-bond donors (Lipinski definition) is 0. The van der Waals surface area contributed by atoms with E-state index in [0.29, 0.717) is 37.4 Å². The molecule has 0 atom stereocenters. The van der Waals surface area contributed by atoms with Gasteiger partial charge in [0.05, 0.1) is 18.4 Å². The van der Waals surface area contributed by atoms with Crippen molar-refractivity contribution in [1.82, 2.24) is 14.8 Å². The van der Waals surface area contributed by atoms with Crippen LogP contribution in [0.2, 0.25) is 0 Å². The maximum Gasteiger partial charge on any atom is 0.409 e. The van der Waals surface area contributed by atoms with E-state index in [9.17, 15) is 14.0 Å². The van der Waals surface area contributed by atoms with E-state index in [-0.39, 0.29) is 11.7 Å². The van der Waals surface area contributed by atoms with Gasteiger partial charge in [-0.3, -0.25) is 4.79 Å². The Kier molecular flexibility index (Phi) is 5.11. The molecule has 114 valence electrons. The standard InChI is InChI=1S/C13H15BrFN3O3/c1-2-21-13(20)18-5-3-17(4-6-18)12(19)9-7-11(14)16-8-10(9)15/h7-8H,2-6H2,1H3. The molecule has 1 saturated heterocycles. The average Bonchev–Trinajstić information content (AvgIpc) is 2.49. The van der Waals surface area contributed by atoms with E-state index in [2.05, 4.69) is 20.9 Å². The van der Waals surface area contributed by atoms with Gasteiger partial charge in [-0.05, 0) is 28.9 Å². The molecular weight excluding hydrogens is 345 g/mol. The fourth-order valence-corrected chi connectivity index (χ4v) is 2.39. The number of aromatic nitrogens is 1. The first-order valence-corrected chi connectivity index (χ1v) is 7.34. The maximum absolute atomic E-state index is 13.7. The molecule has 0 aromatic carbocycles. The molecule has 1 aliphatic heterocycles. The van der Waals surface area contributed by atoms with Crippen LogP contribution >= 0.6 is 15.9 Å². The third kappa shape index (κ3) is 3.69. The van der Waals surface area contributed by atoms with Crippen molar-refractivity contribution in [2.45, 2.75) is 6.92 Å². The molecule has 8 heteroatoms. The van der Waals surface area contributed by atoms with Crippen LogP contribution in [0.5, 0.6) is 0 Å². The Morgan fingerprint density at radius 1 is 1.33 bits per heavy atom. The van der Waals surface area contributed by atoms with Gasteiger partial charge in [-0.15, -0.1) is 0 Å². The number of rotatable bonds is 2. The van der Waals surface area contributed by atoms with Gasteiger partial charge in [0, 0.05) is 26.2 Å². The number of amides is 2. The van der Waals surface area contributed by atoms with Crippen LogP contribution in [0.25, 0.3) is 0 Å².